The zero-order valence-corrected chi connectivity index (χ0v) is 18.7. The average molecular weight is 446 g/mol. The van der Waals surface area contributed by atoms with Gasteiger partial charge in [-0.3, -0.25) is 14.5 Å². The molecule has 5 nitrogen and oxygen atoms in total. The fraction of sp³-hybridized carbons (Fsp3) is 0.154. The first-order valence-corrected chi connectivity index (χ1v) is 11.0. The predicted molar refractivity (Wildman–Crippen MR) is 126 cm³/mol. The number of thioether (sulfide) groups is 1. The number of hydrogen-bond donors (Lipinski definition) is 0. The highest BCUT2D eigenvalue weighted by Crippen LogP contribution is 2.35. The van der Waals surface area contributed by atoms with Gasteiger partial charge in [-0.25, -0.2) is 0 Å². The number of carbonyl (C=O) groups is 2. The molecule has 0 bridgehead atoms. The number of aryl methyl sites for hydroxylation is 1. The number of methoxy groups -OCH3 is 1. The zero-order valence-electron chi connectivity index (χ0n) is 17.9. The predicted octanol–water partition coefficient (Wildman–Crippen LogP) is 5.82. The molecule has 0 N–H and O–H groups in total. The molecule has 1 aliphatic heterocycles. The van der Waals surface area contributed by atoms with Gasteiger partial charge in [-0.15, -0.1) is 0 Å². The van der Waals surface area contributed by atoms with Crippen LogP contribution < -0.4 is 9.47 Å². The van der Waals surface area contributed by atoms with E-state index >= 15 is 0 Å². The van der Waals surface area contributed by atoms with Crippen LogP contribution in [-0.2, 0) is 17.9 Å². The standard InChI is InChI=1S/C26H23NO4S/c1-18-8-6-7-11-21(18)16-27-25(28)24(32-26(27)29)15-20-12-13-22(23(14-20)30-2)31-17-19-9-4-3-5-10-19/h3-15H,16-17H2,1-2H3/b24-15-. The first kappa shape index (κ1) is 21.7. The van der Waals surface area contributed by atoms with Crippen molar-refractivity contribution in [1.82, 2.24) is 4.90 Å². The summed E-state index contributed by atoms with van der Waals surface area (Å²) in [6.07, 6.45) is 1.71. The molecule has 0 aromatic heterocycles. The minimum absolute atomic E-state index is 0.265. The van der Waals surface area contributed by atoms with Crippen molar-refractivity contribution >= 4 is 29.0 Å². The lowest BCUT2D eigenvalue weighted by Gasteiger charge is -2.14. The van der Waals surface area contributed by atoms with Gasteiger partial charge in [0.1, 0.15) is 6.61 Å². The third-order valence-electron chi connectivity index (χ3n) is 5.19. The maximum atomic E-state index is 12.9. The monoisotopic (exact) mass is 445 g/mol. The van der Waals surface area contributed by atoms with Crippen molar-refractivity contribution in [3.63, 3.8) is 0 Å². The second-order valence-corrected chi connectivity index (χ2v) is 8.37. The van der Waals surface area contributed by atoms with E-state index in [9.17, 15) is 9.59 Å². The molecule has 0 atom stereocenters. The summed E-state index contributed by atoms with van der Waals surface area (Å²) in [7, 11) is 1.57. The Morgan fingerprint density at radius 2 is 1.69 bits per heavy atom. The highest BCUT2D eigenvalue weighted by atomic mass is 32.2. The van der Waals surface area contributed by atoms with E-state index in [0.29, 0.717) is 23.0 Å². The SMILES string of the molecule is COc1cc(/C=C2\SC(=O)N(Cc3ccccc3C)C2=O)ccc1OCc1ccccc1. The number of rotatable bonds is 7. The van der Waals surface area contributed by atoms with Gasteiger partial charge in [-0.1, -0.05) is 60.7 Å². The second-order valence-electron chi connectivity index (χ2n) is 7.38. The minimum Gasteiger partial charge on any atom is -0.493 e. The number of hydrogen-bond acceptors (Lipinski definition) is 5. The molecule has 2 amide bonds. The molecule has 32 heavy (non-hydrogen) atoms. The smallest absolute Gasteiger partial charge is 0.293 e. The molecule has 0 aliphatic carbocycles. The van der Waals surface area contributed by atoms with Gasteiger partial charge in [0.05, 0.1) is 18.6 Å². The lowest BCUT2D eigenvalue weighted by Crippen LogP contribution is -2.27. The fourth-order valence-corrected chi connectivity index (χ4v) is 4.21. The summed E-state index contributed by atoms with van der Waals surface area (Å²) in [4.78, 5) is 27.0. The Morgan fingerprint density at radius 3 is 2.44 bits per heavy atom. The molecule has 1 heterocycles. The molecule has 1 fully saturated rings. The van der Waals surface area contributed by atoms with Crippen LogP contribution in [0.2, 0.25) is 0 Å². The van der Waals surface area contributed by atoms with Crippen molar-refractivity contribution in [2.24, 2.45) is 0 Å². The van der Waals surface area contributed by atoms with Crippen molar-refractivity contribution < 1.29 is 19.1 Å². The van der Waals surface area contributed by atoms with Crippen LogP contribution in [-0.4, -0.2) is 23.2 Å². The fourth-order valence-electron chi connectivity index (χ4n) is 3.37. The molecule has 3 aromatic carbocycles. The summed E-state index contributed by atoms with van der Waals surface area (Å²) in [5.41, 5.74) is 3.82. The Kier molecular flexibility index (Phi) is 6.61. The molecule has 162 valence electrons. The van der Waals surface area contributed by atoms with E-state index in [2.05, 4.69) is 0 Å². The van der Waals surface area contributed by atoms with Crippen LogP contribution in [0.4, 0.5) is 4.79 Å². The third-order valence-corrected chi connectivity index (χ3v) is 6.09. The quantitative estimate of drug-likeness (QED) is 0.429. The molecule has 0 saturated carbocycles. The number of ether oxygens (including phenoxy) is 2. The Bertz CT molecular complexity index is 1170. The summed E-state index contributed by atoms with van der Waals surface area (Å²) >= 11 is 0.953. The molecule has 1 aliphatic rings. The number of nitrogens with zero attached hydrogens (tertiary/aromatic N) is 1. The second kappa shape index (κ2) is 9.75. The van der Waals surface area contributed by atoms with E-state index in [1.807, 2.05) is 73.7 Å². The van der Waals surface area contributed by atoms with Crippen LogP contribution in [0.25, 0.3) is 6.08 Å². The van der Waals surface area contributed by atoms with E-state index < -0.39 is 0 Å². The highest BCUT2D eigenvalue weighted by molar-refractivity contribution is 8.18. The van der Waals surface area contributed by atoms with E-state index in [0.717, 1.165) is 34.0 Å². The Balaban J connectivity index is 1.50. The van der Waals surface area contributed by atoms with Crippen LogP contribution in [0.5, 0.6) is 11.5 Å². The van der Waals surface area contributed by atoms with Crippen molar-refractivity contribution in [3.05, 3.63) is 100.0 Å². The Morgan fingerprint density at radius 1 is 0.938 bits per heavy atom. The number of benzene rings is 3. The molecular formula is C26H23NO4S. The van der Waals surface area contributed by atoms with Crippen LogP contribution in [0.3, 0.4) is 0 Å². The lowest BCUT2D eigenvalue weighted by atomic mass is 10.1. The van der Waals surface area contributed by atoms with Crippen LogP contribution in [0.1, 0.15) is 22.3 Å². The molecule has 0 radical (unpaired) electrons. The number of carbonyl (C=O) groups excluding carboxylic acids is 2. The van der Waals surface area contributed by atoms with Gasteiger partial charge in [-0.05, 0) is 59.1 Å². The summed E-state index contributed by atoms with van der Waals surface area (Å²) in [6, 6.07) is 23.1. The van der Waals surface area contributed by atoms with Gasteiger partial charge < -0.3 is 9.47 Å². The van der Waals surface area contributed by atoms with Crippen LogP contribution >= 0.6 is 11.8 Å². The molecule has 0 spiro atoms. The zero-order chi connectivity index (χ0) is 22.5. The molecule has 3 aromatic rings. The van der Waals surface area contributed by atoms with Gasteiger partial charge in [0, 0.05) is 0 Å². The normalized spacial score (nSPS) is 14.8. The summed E-state index contributed by atoms with van der Waals surface area (Å²) in [5, 5.41) is -0.265. The number of amides is 2. The molecule has 6 heteroatoms. The average Bonchev–Trinajstić information content (AvgIpc) is 3.07. The minimum atomic E-state index is -0.286. The Hall–Kier alpha value is -3.51. The van der Waals surface area contributed by atoms with Crippen molar-refractivity contribution in [2.75, 3.05) is 7.11 Å². The highest BCUT2D eigenvalue weighted by Gasteiger charge is 2.35. The maximum Gasteiger partial charge on any atom is 0.293 e. The molecule has 1 saturated heterocycles. The van der Waals surface area contributed by atoms with Gasteiger partial charge in [-0.2, -0.15) is 0 Å². The number of imide groups is 1. The van der Waals surface area contributed by atoms with Gasteiger partial charge in [0.15, 0.2) is 11.5 Å². The molecule has 0 unspecified atom stereocenters. The maximum absolute atomic E-state index is 12.9. The van der Waals surface area contributed by atoms with Gasteiger partial charge >= 0.3 is 0 Å². The third kappa shape index (κ3) is 4.86. The first-order chi connectivity index (χ1) is 15.5. The lowest BCUT2D eigenvalue weighted by molar-refractivity contribution is -0.123. The van der Waals surface area contributed by atoms with Gasteiger partial charge in [0.25, 0.3) is 11.1 Å². The van der Waals surface area contributed by atoms with Gasteiger partial charge in [0.2, 0.25) is 0 Å². The summed E-state index contributed by atoms with van der Waals surface area (Å²) < 4.78 is 11.4. The van der Waals surface area contributed by atoms with E-state index in [-0.39, 0.29) is 17.7 Å². The first-order valence-electron chi connectivity index (χ1n) is 10.2. The van der Waals surface area contributed by atoms with E-state index in [4.69, 9.17) is 9.47 Å². The molecular weight excluding hydrogens is 422 g/mol. The molecule has 4 rings (SSSR count). The van der Waals surface area contributed by atoms with Crippen LogP contribution in [0, 0.1) is 6.92 Å². The Labute approximate surface area is 191 Å². The summed E-state index contributed by atoms with van der Waals surface area (Å²) in [5.74, 6) is 0.890. The van der Waals surface area contributed by atoms with Crippen molar-refractivity contribution in [2.45, 2.75) is 20.1 Å². The van der Waals surface area contributed by atoms with Crippen molar-refractivity contribution in [3.8, 4) is 11.5 Å². The topological polar surface area (TPSA) is 55.8 Å². The largest absolute Gasteiger partial charge is 0.493 e. The van der Waals surface area contributed by atoms with Crippen LogP contribution in [0.15, 0.2) is 77.7 Å². The van der Waals surface area contributed by atoms with Crippen molar-refractivity contribution in [1.29, 1.82) is 0 Å². The summed E-state index contributed by atoms with van der Waals surface area (Å²) in [6.45, 7) is 2.66. The van der Waals surface area contributed by atoms with E-state index in [1.54, 1.807) is 19.3 Å². The van der Waals surface area contributed by atoms with E-state index in [1.165, 1.54) is 4.90 Å².